The number of hydrogen-bond donors (Lipinski definition) is 1. The summed E-state index contributed by atoms with van der Waals surface area (Å²) in [6.45, 7) is 3.44. The molecule has 0 aliphatic heterocycles. The highest BCUT2D eigenvalue weighted by Crippen LogP contribution is 1.88. The Morgan fingerprint density at radius 3 is 2.36 bits per heavy atom. The van der Waals surface area contributed by atoms with Crippen LogP contribution in [0.2, 0.25) is 0 Å². The monoisotopic (exact) mass is 168 g/mol. The van der Waals surface area contributed by atoms with Crippen molar-refractivity contribution in [2.75, 3.05) is 5.32 Å². The van der Waals surface area contributed by atoms with Crippen LogP contribution in [-0.2, 0) is 0 Å². The van der Waals surface area contributed by atoms with Crippen LogP contribution in [0.15, 0.2) is 25.4 Å². The lowest BCUT2D eigenvalue weighted by molar-refractivity contribution is 1.05. The Balaban J connectivity index is 0.000000461. The van der Waals surface area contributed by atoms with Gasteiger partial charge < -0.3 is 5.32 Å². The maximum atomic E-state index is 3.83. The quantitative estimate of drug-likeness (QED) is 0.669. The third-order valence-corrected chi connectivity index (χ3v) is 0.725. The Bertz CT molecular complexity index is 201. The van der Waals surface area contributed by atoms with Crippen molar-refractivity contribution < 1.29 is 0 Å². The number of anilines is 1. The van der Waals surface area contributed by atoms with E-state index in [9.17, 15) is 0 Å². The summed E-state index contributed by atoms with van der Waals surface area (Å²) in [5.41, 5.74) is 0. The van der Waals surface area contributed by atoms with Crippen molar-refractivity contribution in [3.8, 4) is 0 Å². The standard InChI is InChI=1S/C5H6N4.CH2S/c1-2-7-5-8-3-6-4-9-5;1-2/h2-4H,1H2,(H,6,7,8,9);1H2. The lowest BCUT2D eigenvalue weighted by Crippen LogP contribution is -1.93. The van der Waals surface area contributed by atoms with Gasteiger partial charge in [0, 0.05) is 0 Å². The van der Waals surface area contributed by atoms with Crippen LogP contribution in [0.1, 0.15) is 0 Å². The molecule has 58 valence electrons. The maximum absolute atomic E-state index is 3.83. The number of thiocarbonyl (C=S) groups is 1. The van der Waals surface area contributed by atoms with Crippen LogP contribution in [0.3, 0.4) is 0 Å². The molecule has 0 bridgehead atoms. The first-order valence-electron chi connectivity index (χ1n) is 2.72. The molecule has 0 saturated heterocycles. The van der Waals surface area contributed by atoms with Crippen molar-refractivity contribution in [2.45, 2.75) is 0 Å². The van der Waals surface area contributed by atoms with Crippen molar-refractivity contribution in [1.29, 1.82) is 0 Å². The van der Waals surface area contributed by atoms with Gasteiger partial charge in [0.2, 0.25) is 5.95 Å². The summed E-state index contributed by atoms with van der Waals surface area (Å²) < 4.78 is 0. The molecule has 0 unspecified atom stereocenters. The first-order chi connectivity index (χ1) is 5.43. The molecule has 0 aliphatic carbocycles. The van der Waals surface area contributed by atoms with Crippen molar-refractivity contribution in [3.05, 3.63) is 25.4 Å². The van der Waals surface area contributed by atoms with E-state index < -0.39 is 0 Å². The van der Waals surface area contributed by atoms with Gasteiger partial charge in [-0.1, -0.05) is 18.8 Å². The van der Waals surface area contributed by atoms with Crippen LogP contribution in [0, 0.1) is 0 Å². The van der Waals surface area contributed by atoms with E-state index >= 15 is 0 Å². The molecule has 0 amide bonds. The molecule has 1 N–H and O–H groups in total. The number of rotatable bonds is 2. The minimum atomic E-state index is 0.514. The molecular weight excluding hydrogens is 160 g/mol. The van der Waals surface area contributed by atoms with Crippen LogP contribution in [0.4, 0.5) is 5.95 Å². The summed E-state index contributed by atoms with van der Waals surface area (Å²) in [5.74, 6) is 3.35. The molecule has 1 aromatic rings. The fourth-order valence-electron chi connectivity index (χ4n) is 0.405. The lowest BCUT2D eigenvalue weighted by atomic mass is 10.9. The van der Waals surface area contributed by atoms with E-state index in [-0.39, 0.29) is 0 Å². The average Bonchev–Trinajstić information content (AvgIpc) is 2.11. The molecule has 1 rings (SSSR count). The fraction of sp³-hybridized carbons (Fsp3) is 0. The number of nitrogens with zero attached hydrogens (tertiary/aromatic N) is 3. The van der Waals surface area contributed by atoms with Gasteiger partial charge >= 0.3 is 0 Å². The van der Waals surface area contributed by atoms with Gasteiger partial charge in [-0.05, 0) is 12.1 Å². The van der Waals surface area contributed by atoms with Crippen LogP contribution in [0.5, 0.6) is 0 Å². The van der Waals surface area contributed by atoms with E-state index in [2.05, 4.69) is 44.9 Å². The molecule has 4 nitrogen and oxygen atoms in total. The summed E-state index contributed by atoms with van der Waals surface area (Å²) >= 11 is 3.83. The smallest absolute Gasteiger partial charge is 0.229 e. The van der Waals surface area contributed by atoms with Crippen molar-refractivity contribution in [2.24, 2.45) is 0 Å². The highest BCUT2D eigenvalue weighted by Gasteiger charge is 1.84. The van der Waals surface area contributed by atoms with E-state index in [1.165, 1.54) is 18.9 Å². The zero-order valence-corrected chi connectivity index (χ0v) is 6.71. The van der Waals surface area contributed by atoms with Gasteiger partial charge in [-0.25, -0.2) is 15.0 Å². The highest BCUT2D eigenvalue weighted by molar-refractivity contribution is 7.77. The maximum Gasteiger partial charge on any atom is 0.229 e. The third-order valence-electron chi connectivity index (χ3n) is 0.725. The molecule has 1 aromatic heterocycles. The van der Waals surface area contributed by atoms with Gasteiger partial charge in [-0.2, -0.15) is 0 Å². The van der Waals surface area contributed by atoms with Crippen LogP contribution in [-0.4, -0.2) is 20.8 Å². The second-order valence-electron chi connectivity index (χ2n) is 1.31. The van der Waals surface area contributed by atoms with Crippen LogP contribution >= 0.6 is 12.2 Å². The average molecular weight is 168 g/mol. The predicted molar refractivity (Wildman–Crippen MR) is 48.4 cm³/mol. The molecule has 1 heterocycles. The van der Waals surface area contributed by atoms with E-state index in [1.807, 2.05) is 0 Å². The largest absolute Gasteiger partial charge is 0.331 e. The Morgan fingerprint density at radius 1 is 1.36 bits per heavy atom. The molecule has 0 fully saturated rings. The number of nitrogens with one attached hydrogen (secondary N) is 1. The van der Waals surface area contributed by atoms with Crippen LogP contribution < -0.4 is 5.32 Å². The van der Waals surface area contributed by atoms with E-state index in [0.717, 1.165) is 0 Å². The zero-order valence-electron chi connectivity index (χ0n) is 5.90. The summed E-state index contributed by atoms with van der Waals surface area (Å²) in [5, 5.41) is 2.71. The first-order valence-corrected chi connectivity index (χ1v) is 3.29. The van der Waals surface area contributed by atoms with Crippen LogP contribution in [0.25, 0.3) is 0 Å². The van der Waals surface area contributed by atoms with Crippen molar-refractivity contribution in [3.63, 3.8) is 0 Å². The minimum Gasteiger partial charge on any atom is -0.331 e. The van der Waals surface area contributed by atoms with Gasteiger partial charge in [-0.15, -0.1) is 0 Å². The van der Waals surface area contributed by atoms with E-state index in [1.54, 1.807) is 0 Å². The molecule has 11 heavy (non-hydrogen) atoms. The summed E-state index contributed by atoms with van der Waals surface area (Å²) in [4.78, 5) is 11.2. The van der Waals surface area contributed by atoms with Gasteiger partial charge in [0.05, 0.1) is 0 Å². The zero-order chi connectivity index (χ0) is 8.53. The molecule has 0 aliphatic rings. The van der Waals surface area contributed by atoms with Crippen molar-refractivity contribution >= 4 is 24.0 Å². The highest BCUT2D eigenvalue weighted by atomic mass is 32.1. The van der Waals surface area contributed by atoms with E-state index in [0.29, 0.717) is 5.95 Å². The molecule has 0 aromatic carbocycles. The minimum absolute atomic E-state index is 0.514. The second kappa shape index (κ2) is 6.76. The van der Waals surface area contributed by atoms with Crippen molar-refractivity contribution in [1.82, 2.24) is 15.0 Å². The van der Waals surface area contributed by atoms with Gasteiger partial charge in [0.15, 0.2) is 0 Å². The fourth-order valence-corrected chi connectivity index (χ4v) is 0.405. The normalized spacial score (nSPS) is 7.27. The number of aromatic nitrogens is 3. The Hall–Kier alpha value is -1.36. The molecule has 0 spiro atoms. The Morgan fingerprint density at radius 2 is 1.91 bits per heavy atom. The summed E-state index contributed by atoms with van der Waals surface area (Å²) in [6.07, 6.45) is 4.34. The second-order valence-corrected chi connectivity index (χ2v) is 1.31. The topological polar surface area (TPSA) is 50.7 Å². The van der Waals surface area contributed by atoms with E-state index in [4.69, 9.17) is 0 Å². The lowest BCUT2D eigenvalue weighted by Gasteiger charge is -1.92. The molecule has 0 saturated carbocycles. The Kier molecular flexibility index (Phi) is 5.92. The molecular formula is C6H8N4S. The van der Waals surface area contributed by atoms with Gasteiger partial charge in [0.1, 0.15) is 12.7 Å². The van der Waals surface area contributed by atoms with Gasteiger partial charge in [-0.3, -0.25) is 0 Å². The molecule has 0 radical (unpaired) electrons. The van der Waals surface area contributed by atoms with Gasteiger partial charge in [0.25, 0.3) is 0 Å². The third kappa shape index (κ3) is 4.10. The predicted octanol–water partition coefficient (Wildman–Crippen LogP) is 1.04. The summed E-state index contributed by atoms with van der Waals surface area (Å²) in [6, 6.07) is 0. The first kappa shape index (κ1) is 9.64. The summed E-state index contributed by atoms with van der Waals surface area (Å²) in [7, 11) is 0. The molecule has 0 atom stereocenters. The SMILES string of the molecule is C=CNc1ncncn1.C=S. The number of hydrogen-bond acceptors (Lipinski definition) is 5. The molecule has 5 heteroatoms. The Labute approximate surface area is 70.4 Å².